The van der Waals surface area contributed by atoms with E-state index < -0.39 is 157 Å². The average molecular weight is 982 g/mol. The predicted molar refractivity (Wildman–Crippen MR) is 252 cm³/mol. The van der Waals surface area contributed by atoms with Gasteiger partial charge in [-0.3, -0.25) is 57.5 Å². The smallest absolute Gasteiger partial charge is 0.236 e. The second-order valence-corrected chi connectivity index (χ2v) is 18.5. The van der Waals surface area contributed by atoms with Gasteiger partial charge in [0, 0.05) is 68.7 Å². The summed E-state index contributed by atoms with van der Waals surface area (Å²) >= 11 is 0. The van der Waals surface area contributed by atoms with E-state index in [4.69, 9.17) is 22.9 Å². The molecule has 70 heavy (non-hydrogen) atoms. The van der Waals surface area contributed by atoms with Crippen LogP contribution >= 0.6 is 0 Å². The molecule has 0 aliphatic carbocycles. The summed E-state index contributed by atoms with van der Waals surface area (Å²) in [6.45, 7) is 2.90. The zero-order valence-corrected chi connectivity index (χ0v) is 40.2. The van der Waals surface area contributed by atoms with Crippen LogP contribution in [-0.2, 0) is 64.0 Å². The van der Waals surface area contributed by atoms with E-state index in [9.17, 15) is 62.6 Å². The van der Waals surface area contributed by atoms with Gasteiger partial charge >= 0.3 is 0 Å². The van der Waals surface area contributed by atoms with Crippen molar-refractivity contribution >= 4 is 70.4 Å². The molecule has 2 aliphatic rings. The van der Waals surface area contributed by atoms with Crippen LogP contribution in [0.2, 0.25) is 0 Å². The Kier molecular flexibility index (Phi) is 23.8. The van der Waals surface area contributed by atoms with Crippen molar-refractivity contribution in [2.24, 2.45) is 52.5 Å². The summed E-state index contributed by atoms with van der Waals surface area (Å²) in [5.41, 5.74) is 22.4. The molecular weight excluding hydrogens is 911 g/mol. The maximum atomic E-state index is 14.6. The van der Waals surface area contributed by atoms with Gasteiger partial charge in [0.25, 0.3) is 0 Å². The normalized spacial score (nSPS) is 23.3. The standard InChI is InChI=1S/C48H71N9O13/c1-3-27(2)44-39(62)22-30(11-15-40(50)63)46(68)55-35(24-41(51)64)37(60)23-31(12-16-43(66)53-25-34(59)20-32(47(69)56-44)19-28-9-13-33(58)14-10-28)48(70)57-18-6-8-36(57)38(61)21-29(7-4-5-17-49)45(67)54-26-42(52)65/h9-10,13-14,27,29-32,35-36,44,58H,3-8,11-12,15-26,49H2,1-2H3,(H2,50,63)(H2,51,64)(H2,52,65)(H,53,66)(H,54,67)(H,55,68)(H,56,69)/t27-,29+,30+,31+,32+,35-,36-,44-/m0/s1. The van der Waals surface area contributed by atoms with Crippen LogP contribution in [0.3, 0.4) is 0 Å². The lowest BCUT2D eigenvalue weighted by atomic mass is 9.86. The van der Waals surface area contributed by atoms with Crippen LogP contribution in [0.15, 0.2) is 24.3 Å². The number of hydrogen-bond acceptors (Lipinski definition) is 14. The van der Waals surface area contributed by atoms with Crippen molar-refractivity contribution in [1.82, 2.24) is 26.2 Å². The van der Waals surface area contributed by atoms with Crippen molar-refractivity contribution in [2.75, 3.05) is 26.2 Å². The van der Waals surface area contributed by atoms with Crippen molar-refractivity contribution in [3.63, 3.8) is 0 Å². The number of carbonyl (C=O) groups is 12. The quantitative estimate of drug-likeness (QED) is 0.0710. The number of primary amides is 3. The first-order valence-electron chi connectivity index (χ1n) is 24.0. The third-order valence-electron chi connectivity index (χ3n) is 13.0. The fourth-order valence-electron chi connectivity index (χ4n) is 8.76. The Hall–Kier alpha value is -6.58. The summed E-state index contributed by atoms with van der Waals surface area (Å²) in [5.74, 6) is -13.8. The molecule has 13 N–H and O–H groups in total. The molecular formula is C48H71N9O13. The summed E-state index contributed by atoms with van der Waals surface area (Å²) in [5, 5.41) is 20.0. The summed E-state index contributed by atoms with van der Waals surface area (Å²) in [6, 6.07) is 2.06. The van der Waals surface area contributed by atoms with E-state index in [-0.39, 0.29) is 63.7 Å². The molecule has 0 radical (unpaired) electrons. The highest BCUT2D eigenvalue weighted by atomic mass is 16.3. The number of likely N-dealkylation sites (tertiary alicyclic amines) is 1. The molecule has 2 heterocycles. The van der Waals surface area contributed by atoms with Gasteiger partial charge in [-0.1, -0.05) is 38.8 Å². The van der Waals surface area contributed by atoms with Gasteiger partial charge in [0.1, 0.15) is 5.75 Å². The maximum Gasteiger partial charge on any atom is 0.236 e. The number of Topliss-reactive ketones (excluding diaryl/α,β-unsaturated/α-hetero) is 4. The molecule has 1 aromatic rings. The van der Waals surface area contributed by atoms with Gasteiger partial charge in [-0.2, -0.15) is 0 Å². The van der Waals surface area contributed by atoms with Gasteiger partial charge in [-0.15, -0.1) is 0 Å². The Balaban J connectivity index is 2.05. The molecule has 8 atom stereocenters. The van der Waals surface area contributed by atoms with Crippen LogP contribution in [0.4, 0.5) is 0 Å². The Morgan fingerprint density at radius 3 is 2.16 bits per heavy atom. The fourth-order valence-corrected chi connectivity index (χ4v) is 8.76. The topological polar surface area (TPSA) is 381 Å². The molecule has 0 bridgehead atoms. The second-order valence-electron chi connectivity index (χ2n) is 18.5. The van der Waals surface area contributed by atoms with Crippen molar-refractivity contribution < 1.29 is 62.6 Å². The van der Waals surface area contributed by atoms with E-state index in [0.717, 1.165) is 0 Å². The molecule has 2 saturated heterocycles. The monoisotopic (exact) mass is 982 g/mol. The minimum Gasteiger partial charge on any atom is -0.508 e. The molecule has 2 fully saturated rings. The Bertz CT molecular complexity index is 2080. The molecule has 0 aromatic heterocycles. The molecule has 0 unspecified atom stereocenters. The van der Waals surface area contributed by atoms with E-state index in [1.165, 1.54) is 17.0 Å². The Labute approximate surface area is 407 Å². The van der Waals surface area contributed by atoms with Gasteiger partial charge in [0.05, 0.1) is 37.6 Å². The first-order chi connectivity index (χ1) is 33.1. The molecule has 0 spiro atoms. The van der Waals surface area contributed by atoms with E-state index in [1.54, 1.807) is 26.0 Å². The minimum atomic E-state index is -1.65. The number of rotatable bonds is 20. The molecule has 2 aliphatic heterocycles. The molecule has 0 saturated carbocycles. The first-order valence-corrected chi connectivity index (χ1v) is 24.0. The molecule has 22 heteroatoms. The lowest BCUT2D eigenvalue weighted by Gasteiger charge is -2.30. The SMILES string of the molecule is CC[C@H](C)[C@@H]1NC(=O)[C@H](Cc2ccc(O)cc2)CC(=O)CNC(=O)CC[C@@H](C(=O)N2CCC[C@H]2C(=O)C[C@@H](CCCCN)C(=O)NCC(N)=O)CC(=O)[C@H](CC(N)=O)NC(=O)[C@H](CCC(N)=O)CC1=O. The number of phenolic OH excluding ortho intramolecular Hbond substituents is 1. The molecule has 8 amide bonds. The number of carbonyl (C=O) groups excluding carboxylic acids is 12. The van der Waals surface area contributed by atoms with Crippen LogP contribution in [0.1, 0.15) is 116 Å². The lowest BCUT2D eigenvalue weighted by Crippen LogP contribution is -2.51. The Morgan fingerprint density at radius 2 is 1.53 bits per heavy atom. The number of nitrogens with two attached hydrogens (primary N) is 4. The number of unbranched alkanes of at least 4 members (excludes halogenated alkanes) is 1. The molecule has 3 rings (SSSR count). The highest BCUT2D eigenvalue weighted by Gasteiger charge is 2.41. The van der Waals surface area contributed by atoms with Gasteiger partial charge < -0.3 is 54.2 Å². The number of phenols is 1. The predicted octanol–water partition coefficient (Wildman–Crippen LogP) is -0.976. The number of amides is 8. The largest absolute Gasteiger partial charge is 0.508 e. The zero-order valence-electron chi connectivity index (χ0n) is 40.2. The zero-order chi connectivity index (χ0) is 52.1. The van der Waals surface area contributed by atoms with Crippen LogP contribution in [-0.4, -0.2) is 125 Å². The number of nitrogens with one attached hydrogen (secondary N) is 4. The van der Waals surface area contributed by atoms with Crippen LogP contribution in [0.5, 0.6) is 5.75 Å². The van der Waals surface area contributed by atoms with Gasteiger partial charge in [-0.05, 0) is 75.1 Å². The van der Waals surface area contributed by atoms with Crippen LogP contribution in [0.25, 0.3) is 0 Å². The lowest BCUT2D eigenvalue weighted by molar-refractivity contribution is -0.144. The number of nitrogens with zero attached hydrogens (tertiary/aromatic N) is 1. The third kappa shape index (κ3) is 19.1. The molecule has 386 valence electrons. The summed E-state index contributed by atoms with van der Waals surface area (Å²) in [7, 11) is 0. The van der Waals surface area contributed by atoms with Crippen molar-refractivity contribution in [3.05, 3.63) is 29.8 Å². The summed E-state index contributed by atoms with van der Waals surface area (Å²) < 4.78 is 0. The Morgan fingerprint density at radius 1 is 0.843 bits per heavy atom. The fraction of sp³-hybridized carbons (Fsp3) is 0.625. The maximum absolute atomic E-state index is 14.6. The van der Waals surface area contributed by atoms with Crippen LogP contribution < -0.4 is 44.2 Å². The van der Waals surface area contributed by atoms with Crippen molar-refractivity contribution in [1.29, 1.82) is 0 Å². The van der Waals surface area contributed by atoms with E-state index in [2.05, 4.69) is 21.3 Å². The number of benzene rings is 1. The van der Waals surface area contributed by atoms with Crippen molar-refractivity contribution in [2.45, 2.75) is 135 Å². The summed E-state index contributed by atoms with van der Waals surface area (Å²) in [4.78, 5) is 162. The number of ketones is 4. The molecule has 1 aromatic carbocycles. The average Bonchev–Trinajstić information content (AvgIpc) is 3.81. The van der Waals surface area contributed by atoms with Crippen molar-refractivity contribution in [3.8, 4) is 5.75 Å². The highest BCUT2D eigenvalue weighted by molar-refractivity contribution is 5.99. The first kappa shape index (κ1) is 57.7. The van der Waals surface area contributed by atoms with E-state index in [1.807, 2.05) is 0 Å². The van der Waals surface area contributed by atoms with Gasteiger partial charge in [0.15, 0.2) is 23.1 Å². The minimum absolute atomic E-state index is 0.00659. The van der Waals surface area contributed by atoms with Gasteiger partial charge in [-0.25, -0.2) is 0 Å². The number of aromatic hydroxyl groups is 1. The number of hydrogen-bond donors (Lipinski definition) is 9. The second kappa shape index (κ2) is 28.8. The van der Waals surface area contributed by atoms with Gasteiger partial charge in [0.2, 0.25) is 47.3 Å². The van der Waals surface area contributed by atoms with E-state index >= 15 is 0 Å². The highest BCUT2D eigenvalue weighted by Crippen LogP contribution is 2.28. The van der Waals surface area contributed by atoms with E-state index in [0.29, 0.717) is 37.8 Å². The third-order valence-corrected chi connectivity index (χ3v) is 13.0. The summed E-state index contributed by atoms with van der Waals surface area (Å²) in [6.07, 6.45) is -1.76. The molecule has 22 nitrogen and oxygen atoms in total. The van der Waals surface area contributed by atoms with Crippen LogP contribution in [0, 0.1) is 29.6 Å².